The molecule has 0 heterocycles. The minimum atomic E-state index is -1.13. The predicted octanol–water partition coefficient (Wildman–Crippen LogP) is 1.53. The molecule has 0 aliphatic heterocycles. The van der Waals surface area contributed by atoms with E-state index in [1.165, 1.54) is 6.92 Å². The van der Waals surface area contributed by atoms with Crippen LogP contribution in [0.15, 0.2) is 24.3 Å². The van der Waals surface area contributed by atoms with Crippen molar-refractivity contribution in [2.75, 3.05) is 0 Å². The molecule has 1 rings (SSSR count). The van der Waals surface area contributed by atoms with Crippen molar-refractivity contribution >= 4 is 17.9 Å². The van der Waals surface area contributed by atoms with Crippen molar-refractivity contribution in [3.63, 3.8) is 0 Å². The fourth-order valence-corrected chi connectivity index (χ4v) is 1.85. The lowest BCUT2D eigenvalue weighted by atomic mass is 10.1. The summed E-state index contributed by atoms with van der Waals surface area (Å²) in [4.78, 5) is 34.7. The number of amides is 3. The molecule has 0 unspecified atom stereocenters. The quantitative estimate of drug-likeness (QED) is 0.772. The molecule has 3 amide bonds. The Hall–Kier alpha value is -2.57. The third kappa shape index (κ3) is 5.98. The number of aryl methyl sites for hydroxylation is 1. The summed E-state index contributed by atoms with van der Waals surface area (Å²) in [6, 6.07) is 6.21. The monoisotopic (exact) mass is 322 g/mol. The van der Waals surface area contributed by atoms with Crippen LogP contribution in [0.3, 0.4) is 0 Å². The number of urea groups is 1. The lowest BCUT2D eigenvalue weighted by molar-refractivity contribution is -0.164. The van der Waals surface area contributed by atoms with Crippen LogP contribution in [0.2, 0.25) is 0 Å². The van der Waals surface area contributed by atoms with Gasteiger partial charge in [-0.15, -0.1) is 0 Å². The number of nitrogens with one attached hydrogen (secondary N) is 1. The maximum Gasteiger partial charge on any atom is 0.347 e. The van der Waals surface area contributed by atoms with Crippen LogP contribution in [-0.4, -0.2) is 30.1 Å². The van der Waals surface area contributed by atoms with Gasteiger partial charge in [-0.3, -0.25) is 10.1 Å². The van der Waals surface area contributed by atoms with Crippen molar-refractivity contribution in [1.82, 2.24) is 5.32 Å². The molecule has 23 heavy (non-hydrogen) atoms. The van der Waals surface area contributed by atoms with E-state index < -0.39 is 30.1 Å². The number of ether oxygens (including phenoxy) is 2. The number of rotatable bonds is 6. The first-order valence-electron chi connectivity index (χ1n) is 7.24. The van der Waals surface area contributed by atoms with Gasteiger partial charge in [-0.05, 0) is 37.5 Å². The lowest BCUT2D eigenvalue weighted by Crippen LogP contribution is -2.46. The molecule has 0 radical (unpaired) electrons. The number of imide groups is 1. The molecular weight excluding hydrogens is 300 g/mol. The van der Waals surface area contributed by atoms with Crippen LogP contribution < -0.4 is 15.8 Å². The highest BCUT2D eigenvalue weighted by Crippen LogP contribution is 2.16. The van der Waals surface area contributed by atoms with Gasteiger partial charge in [0, 0.05) is 0 Å². The van der Waals surface area contributed by atoms with Crippen molar-refractivity contribution in [3.8, 4) is 5.75 Å². The third-order valence-electron chi connectivity index (χ3n) is 2.99. The van der Waals surface area contributed by atoms with Crippen LogP contribution in [-0.2, 0) is 14.3 Å². The molecule has 0 spiro atoms. The molecule has 0 aliphatic rings. The predicted molar refractivity (Wildman–Crippen MR) is 83.7 cm³/mol. The number of hydrogen-bond acceptors (Lipinski definition) is 5. The van der Waals surface area contributed by atoms with E-state index in [1.807, 2.05) is 18.3 Å². The number of nitrogens with two attached hydrogens (primary N) is 1. The Kier molecular flexibility index (Phi) is 6.56. The van der Waals surface area contributed by atoms with E-state index in [0.29, 0.717) is 5.75 Å². The van der Waals surface area contributed by atoms with Gasteiger partial charge in [0.15, 0.2) is 12.2 Å². The third-order valence-corrected chi connectivity index (χ3v) is 2.99. The largest absolute Gasteiger partial charge is 0.479 e. The van der Waals surface area contributed by atoms with Gasteiger partial charge in [0.05, 0.1) is 0 Å². The molecule has 0 aromatic heterocycles. The van der Waals surface area contributed by atoms with E-state index in [0.717, 1.165) is 5.56 Å². The van der Waals surface area contributed by atoms with Crippen molar-refractivity contribution in [2.45, 2.75) is 39.9 Å². The van der Waals surface area contributed by atoms with E-state index in [2.05, 4.69) is 0 Å². The molecule has 0 aliphatic carbocycles. The van der Waals surface area contributed by atoms with E-state index in [-0.39, 0.29) is 5.92 Å². The van der Waals surface area contributed by atoms with Crippen LogP contribution in [0.4, 0.5) is 4.79 Å². The number of carbonyl (C=O) groups is 3. The second-order valence-corrected chi connectivity index (χ2v) is 5.53. The van der Waals surface area contributed by atoms with Gasteiger partial charge in [-0.2, -0.15) is 0 Å². The van der Waals surface area contributed by atoms with Gasteiger partial charge in [-0.1, -0.05) is 26.0 Å². The Bertz CT molecular complexity index is 586. The van der Waals surface area contributed by atoms with Crippen molar-refractivity contribution < 1.29 is 23.9 Å². The molecule has 2 atom stereocenters. The molecule has 3 N–H and O–H groups in total. The molecule has 7 heteroatoms. The molecule has 126 valence electrons. The van der Waals surface area contributed by atoms with Crippen LogP contribution in [0.5, 0.6) is 5.75 Å². The zero-order valence-electron chi connectivity index (χ0n) is 13.7. The van der Waals surface area contributed by atoms with Crippen molar-refractivity contribution in [2.24, 2.45) is 11.7 Å². The summed E-state index contributed by atoms with van der Waals surface area (Å²) in [5.41, 5.74) is 5.89. The fraction of sp³-hybridized carbons (Fsp3) is 0.438. The van der Waals surface area contributed by atoms with Crippen LogP contribution in [0.25, 0.3) is 0 Å². The molecule has 0 saturated carbocycles. The zero-order chi connectivity index (χ0) is 17.6. The number of carbonyl (C=O) groups excluding carboxylic acids is 3. The lowest BCUT2D eigenvalue weighted by Gasteiger charge is -2.22. The normalized spacial score (nSPS) is 13.1. The van der Waals surface area contributed by atoms with E-state index in [4.69, 9.17) is 15.2 Å². The van der Waals surface area contributed by atoms with Gasteiger partial charge in [-0.25, -0.2) is 9.59 Å². The SMILES string of the molecule is Cc1cccc(O[C@@H](C)C(=O)O[C@H](C(=O)NC(N)=O)C(C)C)c1. The second kappa shape index (κ2) is 8.17. The van der Waals surface area contributed by atoms with Crippen LogP contribution >= 0.6 is 0 Å². The average Bonchev–Trinajstić information content (AvgIpc) is 2.43. The van der Waals surface area contributed by atoms with Crippen LogP contribution in [0, 0.1) is 12.8 Å². The van der Waals surface area contributed by atoms with Gasteiger partial charge in [0.25, 0.3) is 5.91 Å². The highest BCUT2D eigenvalue weighted by Gasteiger charge is 2.30. The standard InChI is InChI=1S/C16H22N2O5/c1-9(2)13(14(19)18-16(17)21)23-15(20)11(4)22-12-7-5-6-10(3)8-12/h5-9,11,13H,1-4H3,(H3,17,18,19,21)/t11-,13-/m0/s1. The summed E-state index contributed by atoms with van der Waals surface area (Å²) in [5, 5.41) is 1.91. The zero-order valence-corrected chi connectivity index (χ0v) is 13.7. The number of hydrogen-bond donors (Lipinski definition) is 2. The first kappa shape index (κ1) is 18.5. The number of primary amides is 1. The van der Waals surface area contributed by atoms with Crippen LogP contribution in [0.1, 0.15) is 26.3 Å². The first-order chi connectivity index (χ1) is 10.7. The van der Waals surface area contributed by atoms with Crippen molar-refractivity contribution in [1.29, 1.82) is 0 Å². The van der Waals surface area contributed by atoms with E-state index in [9.17, 15) is 14.4 Å². The summed E-state index contributed by atoms with van der Waals surface area (Å²) in [6.07, 6.45) is -2.03. The molecular formula is C16H22N2O5. The summed E-state index contributed by atoms with van der Waals surface area (Å²) in [7, 11) is 0. The van der Waals surface area contributed by atoms with E-state index in [1.54, 1.807) is 32.0 Å². The van der Waals surface area contributed by atoms with Gasteiger partial charge in [0.2, 0.25) is 0 Å². The Balaban J connectivity index is 2.70. The molecule has 7 nitrogen and oxygen atoms in total. The van der Waals surface area contributed by atoms with E-state index >= 15 is 0 Å². The minimum absolute atomic E-state index is 0.329. The highest BCUT2D eigenvalue weighted by molar-refractivity contribution is 5.96. The topological polar surface area (TPSA) is 108 Å². The Morgan fingerprint density at radius 3 is 2.35 bits per heavy atom. The smallest absolute Gasteiger partial charge is 0.347 e. The molecule has 0 saturated heterocycles. The molecule has 1 aromatic rings. The Morgan fingerprint density at radius 1 is 1.17 bits per heavy atom. The average molecular weight is 322 g/mol. The summed E-state index contributed by atoms with van der Waals surface area (Å²) >= 11 is 0. The summed E-state index contributed by atoms with van der Waals surface area (Å²) in [5.74, 6) is -1.27. The summed E-state index contributed by atoms with van der Waals surface area (Å²) in [6.45, 7) is 6.79. The molecule has 0 bridgehead atoms. The second-order valence-electron chi connectivity index (χ2n) is 5.53. The van der Waals surface area contributed by atoms with Gasteiger partial charge < -0.3 is 15.2 Å². The van der Waals surface area contributed by atoms with Gasteiger partial charge in [0.1, 0.15) is 5.75 Å². The maximum absolute atomic E-state index is 12.1. The fourth-order valence-electron chi connectivity index (χ4n) is 1.85. The Morgan fingerprint density at radius 2 is 1.83 bits per heavy atom. The maximum atomic E-state index is 12.1. The number of benzene rings is 1. The molecule has 0 fully saturated rings. The minimum Gasteiger partial charge on any atom is -0.479 e. The molecule has 1 aromatic carbocycles. The highest BCUT2D eigenvalue weighted by atomic mass is 16.6. The van der Waals surface area contributed by atoms with Crippen molar-refractivity contribution in [3.05, 3.63) is 29.8 Å². The Labute approximate surface area is 135 Å². The summed E-state index contributed by atoms with van der Waals surface area (Å²) < 4.78 is 10.7. The number of esters is 1. The first-order valence-corrected chi connectivity index (χ1v) is 7.24. The van der Waals surface area contributed by atoms with Gasteiger partial charge >= 0.3 is 12.0 Å².